The Kier molecular flexibility index (Phi) is 4.60. The molecule has 0 spiro atoms. The number of hydrogen-bond acceptors (Lipinski definition) is 3. The Morgan fingerprint density at radius 2 is 1.92 bits per heavy atom. The number of amides is 1. The van der Waals surface area contributed by atoms with Crippen LogP contribution in [-0.2, 0) is 16.8 Å². The van der Waals surface area contributed by atoms with E-state index < -0.39 is 5.60 Å². The minimum Gasteiger partial charge on any atom is -0.458 e. The van der Waals surface area contributed by atoms with Gasteiger partial charge in [0, 0.05) is 10.4 Å². The van der Waals surface area contributed by atoms with Crippen LogP contribution in [0.25, 0.3) is 11.0 Å². The van der Waals surface area contributed by atoms with Crippen molar-refractivity contribution in [2.45, 2.75) is 18.9 Å². The summed E-state index contributed by atoms with van der Waals surface area (Å²) in [6.07, 6.45) is 0.163. The number of benzene rings is 2. The predicted octanol–water partition coefficient (Wildman–Crippen LogP) is 3.65. The summed E-state index contributed by atoms with van der Waals surface area (Å²) in [7, 11) is 0. The fourth-order valence-corrected chi connectivity index (χ4v) is 2.68. The van der Waals surface area contributed by atoms with Gasteiger partial charge in [0.25, 0.3) is 0 Å². The van der Waals surface area contributed by atoms with Crippen LogP contribution in [-0.4, -0.2) is 17.6 Å². The van der Waals surface area contributed by atoms with Crippen LogP contribution in [0.1, 0.15) is 18.2 Å². The molecule has 0 bridgehead atoms. The van der Waals surface area contributed by atoms with E-state index in [9.17, 15) is 9.90 Å². The van der Waals surface area contributed by atoms with Crippen molar-refractivity contribution in [2.75, 3.05) is 6.54 Å². The second-order valence-electron chi connectivity index (χ2n) is 5.97. The number of hydrogen-bond donors (Lipinski definition) is 2. The molecular weight excluding hydrogens is 326 g/mol. The summed E-state index contributed by atoms with van der Waals surface area (Å²) >= 11 is 6.06. The van der Waals surface area contributed by atoms with Gasteiger partial charge in [-0.1, -0.05) is 48.0 Å². The van der Waals surface area contributed by atoms with E-state index >= 15 is 0 Å². The van der Waals surface area contributed by atoms with E-state index in [1.807, 2.05) is 36.4 Å². The molecule has 1 atom stereocenters. The molecule has 0 fully saturated rings. The fraction of sp³-hybridized carbons (Fsp3) is 0.211. The third-order valence-electron chi connectivity index (χ3n) is 3.89. The summed E-state index contributed by atoms with van der Waals surface area (Å²) in [6.45, 7) is 1.66. The number of carbonyl (C=O) groups excluding carboxylic acids is 1. The van der Waals surface area contributed by atoms with Gasteiger partial charge in [0.1, 0.15) is 16.9 Å². The number of halogens is 1. The van der Waals surface area contributed by atoms with E-state index in [4.69, 9.17) is 16.0 Å². The molecule has 2 aromatic carbocycles. The molecule has 4 nitrogen and oxygen atoms in total. The minimum atomic E-state index is -1.30. The first-order valence-corrected chi connectivity index (χ1v) is 8.05. The van der Waals surface area contributed by atoms with Crippen molar-refractivity contribution in [1.82, 2.24) is 5.32 Å². The van der Waals surface area contributed by atoms with Crippen molar-refractivity contribution in [2.24, 2.45) is 0 Å². The molecule has 0 saturated carbocycles. The van der Waals surface area contributed by atoms with Crippen molar-refractivity contribution in [1.29, 1.82) is 0 Å². The first-order valence-electron chi connectivity index (χ1n) is 7.67. The standard InChI is InChI=1S/C19H18ClNO3/c1-19(23,17-10-14-7-3-5-9-16(14)24-17)12-21-18(22)11-13-6-2-4-8-15(13)20/h2-10,23H,11-12H2,1H3,(H,21,22)/t19-/m1/s1. The molecule has 24 heavy (non-hydrogen) atoms. The van der Waals surface area contributed by atoms with Gasteiger partial charge in [0.05, 0.1) is 13.0 Å². The van der Waals surface area contributed by atoms with E-state index in [0.29, 0.717) is 16.4 Å². The molecule has 0 unspecified atom stereocenters. The largest absolute Gasteiger partial charge is 0.458 e. The van der Waals surface area contributed by atoms with Gasteiger partial charge < -0.3 is 14.8 Å². The molecule has 2 N–H and O–H groups in total. The van der Waals surface area contributed by atoms with Crippen LogP contribution in [0.4, 0.5) is 0 Å². The molecule has 1 heterocycles. The first kappa shape index (κ1) is 16.6. The maximum Gasteiger partial charge on any atom is 0.224 e. The minimum absolute atomic E-state index is 0.0517. The van der Waals surface area contributed by atoms with E-state index in [1.165, 1.54) is 0 Å². The van der Waals surface area contributed by atoms with Crippen LogP contribution in [0, 0.1) is 0 Å². The zero-order chi connectivity index (χ0) is 17.2. The topological polar surface area (TPSA) is 62.5 Å². The van der Waals surface area contributed by atoms with Crippen molar-refractivity contribution >= 4 is 28.5 Å². The lowest BCUT2D eigenvalue weighted by molar-refractivity contribution is -0.121. The Balaban J connectivity index is 1.66. The van der Waals surface area contributed by atoms with Gasteiger partial charge in [-0.25, -0.2) is 0 Å². The Morgan fingerprint density at radius 3 is 2.67 bits per heavy atom. The lowest BCUT2D eigenvalue weighted by Gasteiger charge is -2.21. The van der Waals surface area contributed by atoms with Gasteiger partial charge in [-0.2, -0.15) is 0 Å². The molecule has 5 heteroatoms. The summed E-state index contributed by atoms with van der Waals surface area (Å²) in [5.41, 5.74) is 0.157. The SMILES string of the molecule is C[C@@](O)(CNC(=O)Cc1ccccc1Cl)c1cc2ccccc2o1. The quantitative estimate of drug-likeness (QED) is 0.743. The summed E-state index contributed by atoms with van der Waals surface area (Å²) in [4.78, 5) is 12.1. The lowest BCUT2D eigenvalue weighted by atomic mass is 10.0. The van der Waals surface area contributed by atoms with E-state index in [0.717, 1.165) is 10.9 Å². The number of carbonyl (C=O) groups is 1. The van der Waals surface area contributed by atoms with E-state index in [2.05, 4.69) is 5.32 Å². The summed E-state index contributed by atoms with van der Waals surface area (Å²) in [5.74, 6) is 0.209. The zero-order valence-corrected chi connectivity index (χ0v) is 14.0. The van der Waals surface area contributed by atoms with Crippen molar-refractivity contribution < 1.29 is 14.3 Å². The molecule has 1 amide bonds. The van der Waals surface area contributed by atoms with Gasteiger partial charge in [-0.3, -0.25) is 4.79 Å². The second-order valence-corrected chi connectivity index (χ2v) is 6.37. The van der Waals surface area contributed by atoms with Crippen molar-refractivity contribution in [3.8, 4) is 0 Å². The lowest BCUT2D eigenvalue weighted by Crippen LogP contribution is -2.39. The molecule has 0 saturated heterocycles. The van der Waals surface area contributed by atoms with Crippen LogP contribution < -0.4 is 5.32 Å². The van der Waals surface area contributed by atoms with Gasteiger partial charge >= 0.3 is 0 Å². The van der Waals surface area contributed by atoms with Gasteiger partial charge in [-0.05, 0) is 30.7 Å². The highest BCUT2D eigenvalue weighted by Gasteiger charge is 2.28. The monoisotopic (exact) mass is 343 g/mol. The number of fused-ring (bicyclic) bond motifs is 1. The summed E-state index contributed by atoms with van der Waals surface area (Å²) < 4.78 is 5.68. The van der Waals surface area contributed by atoms with Gasteiger partial charge in [0.15, 0.2) is 0 Å². The van der Waals surface area contributed by atoms with Crippen molar-refractivity contribution in [3.05, 3.63) is 70.9 Å². The molecule has 0 aliphatic carbocycles. The zero-order valence-electron chi connectivity index (χ0n) is 13.3. The van der Waals surface area contributed by atoms with Crippen LogP contribution in [0.5, 0.6) is 0 Å². The number of aliphatic hydroxyl groups is 1. The van der Waals surface area contributed by atoms with E-state index in [-0.39, 0.29) is 18.9 Å². The van der Waals surface area contributed by atoms with Gasteiger partial charge in [-0.15, -0.1) is 0 Å². The highest BCUT2D eigenvalue weighted by molar-refractivity contribution is 6.31. The Hall–Kier alpha value is -2.30. The van der Waals surface area contributed by atoms with E-state index in [1.54, 1.807) is 25.1 Å². The Morgan fingerprint density at radius 1 is 1.21 bits per heavy atom. The molecule has 0 aliphatic heterocycles. The van der Waals surface area contributed by atoms with Crippen LogP contribution in [0.3, 0.4) is 0 Å². The summed E-state index contributed by atoms with van der Waals surface area (Å²) in [5, 5.41) is 14.8. The highest BCUT2D eigenvalue weighted by Crippen LogP contribution is 2.27. The Bertz CT molecular complexity index is 837. The third-order valence-corrected chi connectivity index (χ3v) is 4.26. The molecule has 0 aliphatic rings. The normalized spacial score (nSPS) is 13.6. The molecule has 0 radical (unpaired) electrons. The van der Waals surface area contributed by atoms with Crippen LogP contribution >= 0.6 is 11.6 Å². The molecule has 1 aromatic heterocycles. The third kappa shape index (κ3) is 3.61. The smallest absolute Gasteiger partial charge is 0.224 e. The van der Waals surface area contributed by atoms with Gasteiger partial charge in [0.2, 0.25) is 5.91 Å². The number of nitrogens with one attached hydrogen (secondary N) is 1. The average Bonchev–Trinajstić information content (AvgIpc) is 3.00. The fourth-order valence-electron chi connectivity index (χ4n) is 2.48. The maximum absolute atomic E-state index is 12.1. The van der Waals surface area contributed by atoms with Crippen LogP contribution in [0.2, 0.25) is 5.02 Å². The predicted molar refractivity (Wildman–Crippen MR) is 94.0 cm³/mol. The number of rotatable bonds is 5. The molecule has 3 rings (SSSR count). The van der Waals surface area contributed by atoms with Crippen molar-refractivity contribution in [3.63, 3.8) is 0 Å². The summed E-state index contributed by atoms with van der Waals surface area (Å²) in [6, 6.07) is 16.5. The number of furan rings is 1. The average molecular weight is 344 g/mol. The first-order chi connectivity index (χ1) is 11.5. The maximum atomic E-state index is 12.1. The Labute approximate surface area is 145 Å². The van der Waals surface area contributed by atoms with Crippen LogP contribution in [0.15, 0.2) is 59.0 Å². The molecule has 3 aromatic rings. The highest BCUT2D eigenvalue weighted by atomic mass is 35.5. The molecular formula is C19H18ClNO3. The molecule has 124 valence electrons. The number of para-hydroxylation sites is 1. The second kappa shape index (κ2) is 6.67.